The maximum atomic E-state index is 6.30. The average molecular weight is 80.2 g/mol. The minimum absolute atomic E-state index is 0.135. The van der Waals surface area contributed by atoms with Gasteiger partial charge in [0.25, 0.3) is 0 Å². The van der Waals surface area contributed by atoms with Gasteiger partial charge in [-0.25, -0.2) is 0 Å². The second-order valence-corrected chi connectivity index (χ2v) is 1.12. The molecule has 0 aliphatic carbocycles. The topological polar surface area (TPSA) is 0 Å². The van der Waals surface area contributed by atoms with Gasteiger partial charge in [-0.1, -0.05) is 0 Å². The van der Waals surface area contributed by atoms with E-state index in [0.717, 1.165) is 0 Å². The summed E-state index contributed by atoms with van der Waals surface area (Å²) in [5, 5.41) is 0. The molecule has 0 N–H and O–H groups in total. The van der Waals surface area contributed by atoms with E-state index in [1.807, 2.05) is 12.8 Å². The molecule has 0 saturated heterocycles. The highest BCUT2D eigenvalue weighted by molar-refractivity contribution is 6.54. The van der Waals surface area contributed by atoms with Crippen LogP contribution >= 0.6 is 0 Å². The molecule has 0 fully saturated rings. The number of hydrogen-bond acceptors (Lipinski definition) is 0. The Balaban J connectivity index is 3.21. The highest BCUT2D eigenvalue weighted by Gasteiger charge is 1.58. The van der Waals surface area contributed by atoms with E-state index in [1.165, 1.54) is 0 Å². The molecular weight excluding hydrogens is 76.1 g/mol. The summed E-state index contributed by atoms with van der Waals surface area (Å²) in [5.41, 5.74) is 4.80. The van der Waals surface area contributed by atoms with Crippen molar-refractivity contribution in [3.63, 3.8) is 0 Å². The largest absolute Gasteiger partial charge is 0.249 e. The fourth-order valence-corrected chi connectivity index (χ4v) is 0.0938. The van der Waals surface area contributed by atoms with Crippen molar-refractivity contribution in [3.8, 4) is 23.9 Å². The Kier molecular flexibility index (Phi) is 1.13. The number of hydrogen-bond donors (Lipinski definition) is 0. The highest BCUT2D eigenvalue weighted by Crippen LogP contribution is 1.38. The van der Waals surface area contributed by atoms with Gasteiger partial charge in [0.2, 0.25) is 9.52 Å². The summed E-state index contributed by atoms with van der Waals surface area (Å²) >= 11 is 0. The van der Waals surface area contributed by atoms with Crippen LogP contribution in [-0.4, -0.2) is 9.52 Å². The van der Waals surface area contributed by atoms with Gasteiger partial charge >= 0.3 is 0 Å². The lowest BCUT2D eigenvalue weighted by Gasteiger charge is -1.50. The van der Waals surface area contributed by atoms with Gasteiger partial charge in [0.15, 0.2) is 0 Å². The Morgan fingerprint density at radius 1 is 1.60 bits per heavy atom. The molecule has 0 atom stereocenters. The minimum atomic E-state index is 0.135. The van der Waals surface area contributed by atoms with Gasteiger partial charge < -0.3 is 0 Å². The first kappa shape index (κ1) is 1.70. The normalized spacial score (nSPS) is 7.20. The van der Waals surface area contributed by atoms with E-state index >= 15 is 0 Å². The smallest absolute Gasteiger partial charge is 0.126 e. The molecule has 1 heteroatoms. The predicted molar refractivity (Wildman–Crippen MR) is 23.4 cm³/mol. The van der Waals surface area contributed by atoms with Crippen molar-refractivity contribution in [3.05, 3.63) is 0 Å². The minimum Gasteiger partial charge on any atom is -0.126 e. The number of terminal acetylenes is 2. The summed E-state index contributed by atoms with van der Waals surface area (Å²) in [6, 6.07) is 0. The van der Waals surface area contributed by atoms with Crippen LogP contribution in [0.4, 0.5) is 0 Å². The van der Waals surface area contributed by atoms with Crippen molar-refractivity contribution in [1.82, 2.24) is 0 Å². The van der Waals surface area contributed by atoms with E-state index in [-0.39, 0.29) is 9.52 Å². The molecule has 0 spiro atoms. The van der Waals surface area contributed by atoms with Crippen LogP contribution in [0.5, 0.6) is 0 Å². The maximum Gasteiger partial charge on any atom is 0.249 e. The SMILES string of the molecule is [2H]C#C[Si]C#C[2H]. The molecule has 0 amide bonds. The lowest BCUT2D eigenvalue weighted by molar-refractivity contribution is 2.87. The summed E-state index contributed by atoms with van der Waals surface area (Å²) in [7, 11) is 0.135. The second-order valence-electron chi connectivity index (χ2n) is 0.375. The first-order chi connectivity index (χ1) is 3.41. The second kappa shape index (κ2) is 3.34. The quantitative estimate of drug-likeness (QED) is 0.281. The molecule has 5 heavy (non-hydrogen) atoms. The first-order valence-corrected chi connectivity index (χ1v) is 2.00. The van der Waals surface area contributed by atoms with Crippen LogP contribution in [0, 0.1) is 23.9 Å². The Bertz CT molecular complexity index is 125. The van der Waals surface area contributed by atoms with Gasteiger partial charge in [-0.3, -0.25) is 0 Å². The van der Waals surface area contributed by atoms with Gasteiger partial charge in [-0.05, 0) is 0 Å². The van der Waals surface area contributed by atoms with Crippen LogP contribution in [-0.2, 0) is 0 Å². The molecule has 0 unspecified atom stereocenters. The van der Waals surface area contributed by atoms with Crippen molar-refractivity contribution in [2.45, 2.75) is 0 Å². The Labute approximate surface area is 37.2 Å². The zero-order valence-corrected chi connectivity index (χ0v) is 3.50. The van der Waals surface area contributed by atoms with E-state index in [0.29, 0.717) is 0 Å². The van der Waals surface area contributed by atoms with Crippen LogP contribution in [0.25, 0.3) is 0 Å². The molecule has 0 saturated carbocycles. The van der Waals surface area contributed by atoms with E-state index < -0.39 is 0 Å². The van der Waals surface area contributed by atoms with Crippen LogP contribution in [0.2, 0.25) is 0 Å². The summed E-state index contributed by atoms with van der Waals surface area (Å²) in [6.45, 7) is 0. The molecule has 0 nitrogen and oxygen atoms in total. The third-order valence-corrected chi connectivity index (χ3v) is 0.375. The molecule has 0 aromatic heterocycles. The third kappa shape index (κ3) is 3.34. The molecule has 0 heterocycles. The average Bonchev–Trinajstić information content (AvgIpc) is 1.69. The van der Waals surface area contributed by atoms with Gasteiger partial charge in [0.05, 0.1) is 0 Å². The molecule has 2 radical (unpaired) electrons. The summed E-state index contributed by atoms with van der Waals surface area (Å²) in [6.07, 6.45) is 3.86. The molecule has 0 bridgehead atoms. The van der Waals surface area contributed by atoms with Gasteiger partial charge in [0, 0.05) is 0 Å². The predicted octanol–water partition coefficient (Wildman–Crippen LogP) is -0.128. The molecule has 22 valence electrons. The van der Waals surface area contributed by atoms with Crippen LogP contribution in [0.15, 0.2) is 0 Å². The first-order valence-electron chi connectivity index (χ1n) is 2.00. The summed E-state index contributed by atoms with van der Waals surface area (Å²) < 4.78 is 12.6. The molecular formula is C4H2Si. The molecule has 0 aromatic rings. The molecule has 0 aliphatic rings. The fourth-order valence-electron chi connectivity index (χ4n) is 0.0312. The summed E-state index contributed by atoms with van der Waals surface area (Å²) in [5.74, 6) is 0. The van der Waals surface area contributed by atoms with E-state index in [9.17, 15) is 0 Å². The van der Waals surface area contributed by atoms with Crippen LogP contribution in [0.3, 0.4) is 0 Å². The van der Waals surface area contributed by atoms with Crippen molar-refractivity contribution in [2.24, 2.45) is 0 Å². The van der Waals surface area contributed by atoms with Gasteiger partial charge in [0.1, 0.15) is 2.74 Å². The van der Waals surface area contributed by atoms with Gasteiger partial charge in [-0.2, -0.15) is 0 Å². The molecule has 0 aliphatic heterocycles. The van der Waals surface area contributed by atoms with Crippen molar-refractivity contribution in [1.29, 1.82) is 0 Å². The van der Waals surface area contributed by atoms with Crippen molar-refractivity contribution < 1.29 is 2.74 Å². The van der Waals surface area contributed by atoms with Crippen molar-refractivity contribution >= 4 is 9.52 Å². The van der Waals surface area contributed by atoms with E-state index in [4.69, 9.17) is 2.74 Å². The Morgan fingerprint density at radius 3 is 2.60 bits per heavy atom. The van der Waals surface area contributed by atoms with Crippen molar-refractivity contribution in [2.75, 3.05) is 0 Å². The lowest BCUT2D eigenvalue weighted by Crippen LogP contribution is -1.70. The van der Waals surface area contributed by atoms with Crippen LogP contribution in [0.1, 0.15) is 2.74 Å². The van der Waals surface area contributed by atoms with E-state index in [2.05, 4.69) is 11.1 Å². The zero-order chi connectivity index (χ0) is 5.54. The maximum absolute atomic E-state index is 6.30. The van der Waals surface area contributed by atoms with Gasteiger partial charge in [-0.15, -0.1) is 23.9 Å². The standard InChI is InChI=1S/C4H2Si/c1-3-5-4-2/h1-2H/i1D,2D. The number of rotatable bonds is 0. The molecule has 0 rings (SSSR count). The van der Waals surface area contributed by atoms with Crippen LogP contribution < -0.4 is 0 Å². The highest BCUT2D eigenvalue weighted by atomic mass is 28.2. The third-order valence-electron chi connectivity index (χ3n) is 0.125. The molecule has 0 aromatic carbocycles. The summed E-state index contributed by atoms with van der Waals surface area (Å²) in [4.78, 5) is 0. The Morgan fingerprint density at radius 2 is 2.20 bits per heavy atom. The lowest BCUT2D eigenvalue weighted by atomic mass is 11.4. The zero-order valence-electron chi connectivity index (χ0n) is 4.50. The Hall–Kier alpha value is -0.663. The van der Waals surface area contributed by atoms with E-state index in [1.54, 1.807) is 0 Å². The fraction of sp³-hybridized carbons (Fsp3) is 0. The monoisotopic (exact) mass is 80.0 g/mol.